The van der Waals surface area contributed by atoms with Crippen LogP contribution in [0.25, 0.3) is 0 Å². The first kappa shape index (κ1) is 29.5. The highest BCUT2D eigenvalue weighted by Gasteiger charge is 2.27. The van der Waals surface area contributed by atoms with Crippen LogP contribution in [-0.2, 0) is 9.53 Å². The van der Waals surface area contributed by atoms with Crippen molar-refractivity contribution in [2.24, 2.45) is 0 Å². The van der Waals surface area contributed by atoms with Gasteiger partial charge in [0, 0.05) is 18.4 Å². The molecule has 2 N–H and O–H groups in total. The molecule has 36 heavy (non-hydrogen) atoms. The molecule has 1 fully saturated rings. The number of allylic oxidation sites excluding steroid dienone is 10. The van der Waals surface area contributed by atoms with E-state index in [0.717, 1.165) is 44.9 Å². The molecule has 7 nitrogen and oxygen atoms in total. The Morgan fingerprint density at radius 3 is 2.25 bits per heavy atom. The lowest BCUT2D eigenvalue weighted by atomic mass is 10.2. The zero-order valence-electron chi connectivity index (χ0n) is 21.1. The number of ether oxygens (including phenoxy) is 1. The number of rotatable bonds is 16. The summed E-state index contributed by atoms with van der Waals surface area (Å²) in [4.78, 5) is 28.3. The fourth-order valence-corrected chi connectivity index (χ4v) is 4.27. The maximum atomic E-state index is 12.3. The molecule has 0 spiro atoms. The molecule has 1 saturated heterocycles. The van der Waals surface area contributed by atoms with Gasteiger partial charge in [-0.1, -0.05) is 67.7 Å². The largest absolute Gasteiger partial charge is 0.393 e. The van der Waals surface area contributed by atoms with E-state index in [1.165, 1.54) is 16.3 Å². The lowest BCUT2D eigenvalue weighted by molar-refractivity contribution is -0.116. The Bertz CT molecular complexity index is 981. The van der Waals surface area contributed by atoms with E-state index in [-0.39, 0.29) is 23.8 Å². The molecule has 0 radical (unpaired) electrons. The van der Waals surface area contributed by atoms with E-state index in [1.807, 2.05) is 0 Å². The van der Waals surface area contributed by atoms with Crippen LogP contribution in [-0.4, -0.2) is 38.4 Å². The molecule has 2 unspecified atom stereocenters. The third kappa shape index (κ3) is 12.3. The number of carbonyl (C=O) groups excluding carboxylic acids is 1. The first-order valence-corrected chi connectivity index (χ1v) is 13.7. The van der Waals surface area contributed by atoms with Gasteiger partial charge in [-0.3, -0.25) is 9.36 Å². The summed E-state index contributed by atoms with van der Waals surface area (Å²) in [6, 6.07) is 1.59. The molecule has 0 aliphatic carbocycles. The monoisotopic (exact) mass is 513 g/mol. The topological polar surface area (TPSA) is 93.5 Å². The number of anilines is 1. The number of carbonyl (C=O) groups is 1. The van der Waals surface area contributed by atoms with Gasteiger partial charge in [-0.05, 0) is 51.0 Å². The molecule has 0 aromatic carbocycles. The number of hydrogen-bond acceptors (Lipinski definition) is 6. The van der Waals surface area contributed by atoms with Gasteiger partial charge in [-0.2, -0.15) is 4.98 Å². The third-order valence-corrected chi connectivity index (χ3v) is 6.33. The highest BCUT2D eigenvalue weighted by atomic mass is 32.2. The summed E-state index contributed by atoms with van der Waals surface area (Å²) in [5.41, 5.74) is -0.819. The average molecular weight is 514 g/mol. The molecular weight excluding hydrogens is 474 g/mol. The van der Waals surface area contributed by atoms with Crippen LogP contribution in [0.4, 0.5) is 5.82 Å². The van der Waals surface area contributed by atoms with Crippen LogP contribution in [0.3, 0.4) is 0 Å². The number of nitrogens with one attached hydrogen (secondary N) is 1. The van der Waals surface area contributed by atoms with Gasteiger partial charge in [0.2, 0.25) is 5.91 Å². The first-order valence-electron chi connectivity index (χ1n) is 12.7. The van der Waals surface area contributed by atoms with E-state index < -0.39 is 11.9 Å². The van der Waals surface area contributed by atoms with Gasteiger partial charge in [0.1, 0.15) is 17.5 Å². The first-order chi connectivity index (χ1) is 17.6. The summed E-state index contributed by atoms with van der Waals surface area (Å²) in [5.74, 6) is 0.634. The number of aliphatic hydroxyl groups is 1. The number of unbranched alkanes of at least 4 members (excludes halogenated alkanes) is 1. The van der Waals surface area contributed by atoms with Crippen molar-refractivity contribution in [3.63, 3.8) is 0 Å². The van der Waals surface area contributed by atoms with E-state index in [4.69, 9.17) is 9.84 Å². The number of hydrogen-bond donors (Lipinski definition) is 2. The van der Waals surface area contributed by atoms with Crippen molar-refractivity contribution < 1.29 is 14.6 Å². The van der Waals surface area contributed by atoms with Gasteiger partial charge in [-0.25, -0.2) is 4.79 Å². The molecule has 2 rings (SSSR count). The minimum Gasteiger partial charge on any atom is -0.393 e. The van der Waals surface area contributed by atoms with Crippen LogP contribution in [0.2, 0.25) is 0 Å². The Balaban J connectivity index is 1.54. The van der Waals surface area contributed by atoms with Crippen LogP contribution in [0.1, 0.15) is 64.5 Å². The molecule has 8 heteroatoms. The summed E-state index contributed by atoms with van der Waals surface area (Å²) < 4.78 is 6.95. The Hall–Kier alpha value is -2.68. The molecule has 0 bridgehead atoms. The molecule has 1 aliphatic rings. The van der Waals surface area contributed by atoms with Gasteiger partial charge in [-0.15, -0.1) is 11.8 Å². The van der Waals surface area contributed by atoms with Crippen LogP contribution in [0.5, 0.6) is 0 Å². The highest BCUT2D eigenvalue weighted by molar-refractivity contribution is 8.00. The van der Waals surface area contributed by atoms with Crippen molar-refractivity contribution in [3.8, 4) is 0 Å². The van der Waals surface area contributed by atoms with Crippen molar-refractivity contribution in [1.29, 1.82) is 0 Å². The Morgan fingerprint density at radius 2 is 1.69 bits per heavy atom. The average Bonchev–Trinajstić information content (AvgIpc) is 3.35. The second-order valence-corrected chi connectivity index (χ2v) is 9.38. The second kappa shape index (κ2) is 18.6. The van der Waals surface area contributed by atoms with Gasteiger partial charge in [0.25, 0.3) is 0 Å². The SMILES string of the molecule is CCC=CCC=CCC=CCC=CCC=CCCCC(=O)Nc1ccn(C2CSC(CO)O2)c(=O)n1. The third-order valence-electron chi connectivity index (χ3n) is 5.22. The zero-order chi connectivity index (χ0) is 25.8. The molecule has 196 valence electrons. The minimum atomic E-state index is -0.490. The molecule has 1 aromatic rings. The lowest BCUT2D eigenvalue weighted by Crippen LogP contribution is -2.29. The maximum Gasteiger partial charge on any atom is 0.351 e. The summed E-state index contributed by atoms with van der Waals surface area (Å²) in [7, 11) is 0. The van der Waals surface area contributed by atoms with Crippen molar-refractivity contribution in [2.45, 2.75) is 70.0 Å². The summed E-state index contributed by atoms with van der Waals surface area (Å²) in [6.07, 6.45) is 29.5. The summed E-state index contributed by atoms with van der Waals surface area (Å²) in [5, 5.41) is 11.8. The molecule has 1 aliphatic heterocycles. The fourth-order valence-electron chi connectivity index (χ4n) is 3.34. The van der Waals surface area contributed by atoms with Gasteiger partial charge in [0.05, 0.1) is 6.61 Å². The molecular formula is C28H39N3O4S. The van der Waals surface area contributed by atoms with Crippen LogP contribution in [0, 0.1) is 0 Å². The predicted octanol–water partition coefficient (Wildman–Crippen LogP) is 5.68. The van der Waals surface area contributed by atoms with Gasteiger partial charge >= 0.3 is 5.69 Å². The Labute approximate surface area is 218 Å². The van der Waals surface area contributed by atoms with E-state index in [9.17, 15) is 9.59 Å². The Kier molecular flexibility index (Phi) is 15.2. The molecule has 2 heterocycles. The number of nitrogens with zero attached hydrogens (tertiary/aromatic N) is 2. The van der Waals surface area contributed by atoms with E-state index in [0.29, 0.717) is 12.2 Å². The molecule has 0 saturated carbocycles. The lowest BCUT2D eigenvalue weighted by Gasteiger charge is -2.14. The van der Waals surface area contributed by atoms with Crippen molar-refractivity contribution in [3.05, 3.63) is 83.5 Å². The van der Waals surface area contributed by atoms with E-state index in [1.54, 1.807) is 12.3 Å². The number of aromatic nitrogens is 2. The van der Waals surface area contributed by atoms with Crippen LogP contribution in [0.15, 0.2) is 77.8 Å². The number of thioether (sulfide) groups is 1. The van der Waals surface area contributed by atoms with Crippen LogP contribution < -0.4 is 11.0 Å². The number of amides is 1. The van der Waals surface area contributed by atoms with Gasteiger partial charge < -0.3 is 15.2 Å². The summed E-state index contributed by atoms with van der Waals surface area (Å²) in [6.45, 7) is 2.04. The van der Waals surface area contributed by atoms with E-state index >= 15 is 0 Å². The molecule has 1 amide bonds. The predicted molar refractivity (Wildman–Crippen MR) is 149 cm³/mol. The quantitative estimate of drug-likeness (QED) is 0.218. The normalized spacial score (nSPS) is 18.6. The van der Waals surface area contributed by atoms with Crippen molar-refractivity contribution in [2.75, 3.05) is 17.7 Å². The minimum absolute atomic E-state index is 0.100. The molecule has 1 aromatic heterocycles. The Morgan fingerprint density at radius 1 is 1.08 bits per heavy atom. The van der Waals surface area contributed by atoms with Gasteiger partial charge in [0.15, 0.2) is 0 Å². The molecule has 2 atom stereocenters. The standard InChI is InChI=1S/C28H39N3O4S/c1-2-3-4-5-6-7-8-9-10-11-12-13-14-15-16-17-18-19-25(33)29-24-20-21-31(28(34)30-24)26-23-36-27(22-32)35-26/h3-4,6-7,9-10,12-13,15-16,20-21,26-27,32H,2,5,8,11,14,17-19,22-23H2,1H3,(H,29,30,33,34). The van der Waals surface area contributed by atoms with E-state index in [2.05, 4.69) is 78.0 Å². The summed E-state index contributed by atoms with van der Waals surface area (Å²) >= 11 is 1.45. The fraction of sp³-hybridized carbons (Fsp3) is 0.464. The highest BCUT2D eigenvalue weighted by Crippen LogP contribution is 2.30. The van der Waals surface area contributed by atoms with Crippen molar-refractivity contribution in [1.82, 2.24) is 9.55 Å². The number of aliphatic hydroxyl groups excluding tert-OH is 1. The second-order valence-electron chi connectivity index (χ2n) is 8.19. The van der Waals surface area contributed by atoms with Crippen molar-refractivity contribution >= 4 is 23.5 Å². The smallest absolute Gasteiger partial charge is 0.351 e. The van der Waals surface area contributed by atoms with Crippen LogP contribution >= 0.6 is 11.8 Å². The maximum absolute atomic E-state index is 12.3. The zero-order valence-corrected chi connectivity index (χ0v) is 21.9.